The number of nitrogens with zero attached hydrogens (tertiary/aromatic N) is 1. The summed E-state index contributed by atoms with van der Waals surface area (Å²) in [4.78, 5) is 42.2. The van der Waals surface area contributed by atoms with Crippen molar-refractivity contribution in [2.24, 2.45) is 0 Å². The number of carbonyl (C=O) groups is 3. The van der Waals surface area contributed by atoms with E-state index in [1.165, 1.54) is 24.5 Å². The number of hydrogen-bond acceptors (Lipinski definition) is 5. The summed E-state index contributed by atoms with van der Waals surface area (Å²) < 4.78 is 0. The van der Waals surface area contributed by atoms with Gasteiger partial charge in [-0.15, -0.1) is 11.3 Å². The Morgan fingerprint density at radius 1 is 0.903 bits per heavy atom. The molecule has 1 aliphatic rings. The second-order valence-electron chi connectivity index (χ2n) is 7.32. The molecule has 7 nitrogen and oxygen atoms in total. The van der Waals surface area contributed by atoms with Gasteiger partial charge in [0.15, 0.2) is 0 Å². The lowest BCUT2D eigenvalue weighted by atomic mass is 9.95. The number of aromatic nitrogens is 1. The average Bonchev–Trinajstić information content (AvgIpc) is 3.13. The third-order valence-electron chi connectivity index (χ3n) is 5.01. The first kappa shape index (κ1) is 20.7. The molecule has 8 heteroatoms. The summed E-state index contributed by atoms with van der Waals surface area (Å²) >= 11 is 1.47. The van der Waals surface area contributed by atoms with Crippen molar-refractivity contribution in [1.82, 2.24) is 4.98 Å². The van der Waals surface area contributed by atoms with Crippen LogP contribution in [0.1, 0.15) is 50.9 Å². The van der Waals surface area contributed by atoms with E-state index >= 15 is 0 Å². The third-order valence-corrected chi connectivity index (χ3v) is 6.22. The molecule has 0 atom stereocenters. The second-order valence-corrected chi connectivity index (χ2v) is 8.43. The normalized spacial score (nSPS) is 12.5. The maximum Gasteiger partial charge on any atom is 0.258 e. The number of anilines is 3. The van der Waals surface area contributed by atoms with Crippen LogP contribution in [-0.4, -0.2) is 22.7 Å². The van der Waals surface area contributed by atoms with E-state index in [9.17, 15) is 14.4 Å². The summed E-state index contributed by atoms with van der Waals surface area (Å²) in [5.41, 5.74) is 3.25. The second kappa shape index (κ2) is 9.09. The first-order valence-corrected chi connectivity index (χ1v) is 10.9. The molecule has 0 fully saturated rings. The third kappa shape index (κ3) is 4.80. The fourth-order valence-electron chi connectivity index (χ4n) is 3.60. The van der Waals surface area contributed by atoms with Crippen molar-refractivity contribution < 1.29 is 14.4 Å². The molecule has 0 unspecified atom stereocenters. The van der Waals surface area contributed by atoms with E-state index in [4.69, 9.17) is 0 Å². The van der Waals surface area contributed by atoms with E-state index in [-0.39, 0.29) is 17.7 Å². The zero-order chi connectivity index (χ0) is 21.8. The van der Waals surface area contributed by atoms with Crippen LogP contribution in [0.2, 0.25) is 0 Å². The van der Waals surface area contributed by atoms with Crippen LogP contribution in [0.15, 0.2) is 48.8 Å². The molecule has 158 valence electrons. The number of aryl methyl sites for hydroxylation is 1. The Bertz CT molecular complexity index is 1120. The summed E-state index contributed by atoms with van der Waals surface area (Å²) in [5, 5.41) is 9.09. The SMILES string of the molecule is CC(=O)Nc1ccc(NC(=O)c2c(NC(=O)c3cccnc3)sc3c2CCCC3)cc1. The van der Waals surface area contributed by atoms with Crippen LogP contribution in [0.25, 0.3) is 0 Å². The largest absolute Gasteiger partial charge is 0.326 e. The predicted octanol–water partition coefficient (Wildman–Crippen LogP) is 4.48. The van der Waals surface area contributed by atoms with E-state index in [1.54, 1.807) is 42.6 Å². The van der Waals surface area contributed by atoms with Crippen LogP contribution in [0.4, 0.5) is 16.4 Å². The summed E-state index contributed by atoms with van der Waals surface area (Å²) in [6, 6.07) is 10.3. The number of benzene rings is 1. The van der Waals surface area contributed by atoms with Gasteiger partial charge in [0, 0.05) is 35.6 Å². The molecule has 0 spiro atoms. The van der Waals surface area contributed by atoms with Crippen LogP contribution in [0, 0.1) is 0 Å². The van der Waals surface area contributed by atoms with Crippen LogP contribution in [0.3, 0.4) is 0 Å². The van der Waals surface area contributed by atoms with Gasteiger partial charge in [0.25, 0.3) is 11.8 Å². The Hall–Kier alpha value is -3.52. The highest BCUT2D eigenvalue weighted by Gasteiger charge is 2.26. The highest BCUT2D eigenvalue weighted by atomic mass is 32.1. The van der Waals surface area contributed by atoms with Gasteiger partial charge in [-0.05, 0) is 67.6 Å². The molecule has 2 aromatic heterocycles. The van der Waals surface area contributed by atoms with E-state index in [0.717, 1.165) is 36.1 Å². The molecule has 2 heterocycles. The van der Waals surface area contributed by atoms with Gasteiger partial charge >= 0.3 is 0 Å². The summed E-state index contributed by atoms with van der Waals surface area (Å²) in [7, 11) is 0. The molecule has 31 heavy (non-hydrogen) atoms. The molecule has 3 amide bonds. The average molecular weight is 435 g/mol. The Morgan fingerprint density at radius 2 is 1.61 bits per heavy atom. The molecule has 0 bridgehead atoms. The predicted molar refractivity (Wildman–Crippen MR) is 122 cm³/mol. The smallest absolute Gasteiger partial charge is 0.258 e. The van der Waals surface area contributed by atoms with E-state index < -0.39 is 0 Å². The van der Waals surface area contributed by atoms with Gasteiger partial charge in [0.2, 0.25) is 5.91 Å². The van der Waals surface area contributed by atoms with Gasteiger partial charge in [0.05, 0.1) is 11.1 Å². The van der Waals surface area contributed by atoms with E-state index in [2.05, 4.69) is 20.9 Å². The molecule has 4 rings (SSSR count). The number of rotatable bonds is 5. The van der Waals surface area contributed by atoms with Crippen LogP contribution < -0.4 is 16.0 Å². The minimum Gasteiger partial charge on any atom is -0.326 e. The van der Waals surface area contributed by atoms with Gasteiger partial charge in [-0.2, -0.15) is 0 Å². The minimum atomic E-state index is -0.291. The molecular weight excluding hydrogens is 412 g/mol. The standard InChI is InChI=1S/C23H22N4O3S/c1-14(28)25-16-8-10-17(11-9-16)26-22(30)20-18-6-2-3-7-19(18)31-23(20)27-21(29)15-5-4-12-24-13-15/h4-5,8-13H,2-3,6-7H2,1H3,(H,25,28)(H,26,30)(H,27,29). The maximum absolute atomic E-state index is 13.2. The van der Waals surface area contributed by atoms with Crippen LogP contribution in [0.5, 0.6) is 0 Å². The number of fused-ring (bicyclic) bond motifs is 1. The lowest BCUT2D eigenvalue weighted by Crippen LogP contribution is -2.18. The van der Waals surface area contributed by atoms with Crippen molar-refractivity contribution in [3.63, 3.8) is 0 Å². The van der Waals surface area contributed by atoms with Gasteiger partial charge in [-0.25, -0.2) is 0 Å². The van der Waals surface area contributed by atoms with Gasteiger partial charge < -0.3 is 16.0 Å². The fraction of sp³-hybridized carbons (Fsp3) is 0.217. The first-order valence-electron chi connectivity index (χ1n) is 10.1. The first-order chi connectivity index (χ1) is 15.0. The molecule has 0 saturated carbocycles. The van der Waals surface area contributed by atoms with Crippen molar-refractivity contribution >= 4 is 45.4 Å². The lowest BCUT2D eigenvalue weighted by molar-refractivity contribution is -0.114. The molecule has 0 aliphatic heterocycles. The summed E-state index contributed by atoms with van der Waals surface area (Å²) in [6.07, 6.45) is 6.93. The molecule has 1 aliphatic carbocycles. The number of carbonyl (C=O) groups excluding carboxylic acids is 3. The highest BCUT2D eigenvalue weighted by Crippen LogP contribution is 2.38. The van der Waals surface area contributed by atoms with Gasteiger partial charge in [0.1, 0.15) is 5.00 Å². The van der Waals surface area contributed by atoms with Gasteiger partial charge in [-0.1, -0.05) is 0 Å². The molecule has 1 aromatic carbocycles. The van der Waals surface area contributed by atoms with Crippen molar-refractivity contribution in [2.45, 2.75) is 32.6 Å². The molecule has 0 radical (unpaired) electrons. The molecular formula is C23H22N4O3S. The van der Waals surface area contributed by atoms with Crippen molar-refractivity contribution in [3.8, 4) is 0 Å². The van der Waals surface area contributed by atoms with Crippen LogP contribution >= 0.6 is 11.3 Å². The minimum absolute atomic E-state index is 0.157. The number of amides is 3. The maximum atomic E-state index is 13.2. The highest BCUT2D eigenvalue weighted by molar-refractivity contribution is 7.17. The van der Waals surface area contributed by atoms with E-state index in [0.29, 0.717) is 27.5 Å². The number of hydrogen-bond donors (Lipinski definition) is 3. The number of thiophene rings is 1. The molecule has 0 saturated heterocycles. The van der Waals surface area contributed by atoms with Crippen molar-refractivity contribution in [2.75, 3.05) is 16.0 Å². The monoisotopic (exact) mass is 434 g/mol. The Kier molecular flexibility index (Phi) is 6.08. The van der Waals surface area contributed by atoms with E-state index in [1.807, 2.05) is 0 Å². The number of nitrogens with one attached hydrogen (secondary N) is 3. The van der Waals surface area contributed by atoms with Crippen molar-refractivity contribution in [3.05, 3.63) is 70.4 Å². The molecule has 3 N–H and O–H groups in total. The number of pyridine rings is 1. The quantitative estimate of drug-likeness (QED) is 0.551. The topological polar surface area (TPSA) is 100 Å². The Morgan fingerprint density at radius 3 is 2.29 bits per heavy atom. The summed E-state index contributed by atoms with van der Waals surface area (Å²) in [6.45, 7) is 1.44. The Balaban J connectivity index is 1.59. The zero-order valence-corrected chi connectivity index (χ0v) is 17.8. The fourth-order valence-corrected chi connectivity index (χ4v) is 4.88. The van der Waals surface area contributed by atoms with Gasteiger partial charge in [-0.3, -0.25) is 19.4 Å². The molecule has 3 aromatic rings. The van der Waals surface area contributed by atoms with Crippen LogP contribution in [-0.2, 0) is 17.6 Å². The zero-order valence-electron chi connectivity index (χ0n) is 17.0. The lowest BCUT2D eigenvalue weighted by Gasteiger charge is -2.13. The summed E-state index contributed by atoms with van der Waals surface area (Å²) in [5.74, 6) is -0.704. The van der Waals surface area contributed by atoms with Crippen molar-refractivity contribution in [1.29, 1.82) is 0 Å². The Labute approximate surface area is 183 Å².